The van der Waals surface area contributed by atoms with E-state index in [-0.39, 0.29) is 23.1 Å². The number of hydrogen-bond acceptors (Lipinski definition) is 5. The van der Waals surface area contributed by atoms with Crippen LogP contribution in [0.5, 0.6) is 0 Å². The van der Waals surface area contributed by atoms with Gasteiger partial charge in [-0.05, 0) is 49.1 Å². The molecule has 3 aromatic rings. The number of benzene rings is 2. The fourth-order valence-corrected chi connectivity index (χ4v) is 4.75. The smallest absolute Gasteiger partial charge is 0.251 e. The van der Waals surface area contributed by atoms with E-state index in [4.69, 9.17) is 9.47 Å². The third-order valence-electron chi connectivity index (χ3n) is 6.97. The molecule has 2 N–H and O–H groups in total. The minimum absolute atomic E-state index is 0.0492. The molecule has 8 nitrogen and oxygen atoms in total. The van der Waals surface area contributed by atoms with Crippen molar-refractivity contribution in [3.05, 3.63) is 78.1 Å². The summed E-state index contributed by atoms with van der Waals surface area (Å²) in [4.78, 5) is 25.2. The Hall–Kier alpha value is -3.49. The van der Waals surface area contributed by atoms with Crippen LogP contribution in [-0.4, -0.2) is 54.6 Å². The molecule has 5 rings (SSSR count). The third kappa shape index (κ3) is 5.28. The second-order valence-electron chi connectivity index (χ2n) is 9.21. The predicted octanol–water partition coefficient (Wildman–Crippen LogP) is 3.33. The first kappa shape index (κ1) is 23.3. The van der Waals surface area contributed by atoms with Gasteiger partial charge in [0.05, 0.1) is 36.3 Å². The molecule has 182 valence electrons. The minimum atomic E-state index is -0.115. The fourth-order valence-electron chi connectivity index (χ4n) is 4.75. The summed E-state index contributed by atoms with van der Waals surface area (Å²) >= 11 is 0. The first-order valence-corrected chi connectivity index (χ1v) is 12.1. The first-order valence-electron chi connectivity index (χ1n) is 12.1. The van der Waals surface area contributed by atoms with Crippen LogP contribution in [0, 0.1) is 5.92 Å². The lowest BCUT2D eigenvalue weighted by molar-refractivity contribution is -0.119. The molecular weight excluding hydrogens is 444 g/mol. The van der Waals surface area contributed by atoms with Crippen molar-refractivity contribution in [2.75, 3.05) is 38.3 Å². The number of nitrogens with zero attached hydrogens (tertiary/aromatic N) is 2. The maximum atomic E-state index is 12.9. The molecule has 0 bridgehead atoms. The molecule has 2 fully saturated rings. The highest BCUT2D eigenvalue weighted by molar-refractivity contribution is 5.94. The standard InChI is InChI=1S/C27H30N4O4/c32-25(28-19-27(11-14-34-15-12-27)22-4-2-1-3-5-22)20-6-8-24(9-7-20)31-17-23(16-29-31)30-26(33)21-10-13-35-18-21/h1-9,16-17,21H,10-15,18-19H2,(H,28,32)(H,30,33)/t21-/m0/s1. The largest absolute Gasteiger partial charge is 0.381 e. The molecule has 35 heavy (non-hydrogen) atoms. The van der Waals surface area contributed by atoms with Crippen molar-refractivity contribution in [2.45, 2.75) is 24.7 Å². The average molecular weight is 475 g/mol. The van der Waals surface area contributed by atoms with Crippen LogP contribution >= 0.6 is 0 Å². The maximum Gasteiger partial charge on any atom is 0.251 e. The van der Waals surface area contributed by atoms with Gasteiger partial charge >= 0.3 is 0 Å². The number of rotatable bonds is 7. The SMILES string of the molecule is O=C(NCC1(c2ccccc2)CCOCC1)c1ccc(-n2cc(NC(=O)[C@H]3CCOC3)cn2)cc1. The number of carbonyl (C=O) groups is 2. The summed E-state index contributed by atoms with van der Waals surface area (Å²) in [5.41, 5.74) is 3.14. The molecule has 2 saturated heterocycles. The van der Waals surface area contributed by atoms with E-state index in [1.807, 2.05) is 30.3 Å². The predicted molar refractivity (Wildman–Crippen MR) is 132 cm³/mol. The van der Waals surface area contributed by atoms with Gasteiger partial charge in [-0.1, -0.05) is 30.3 Å². The van der Waals surface area contributed by atoms with Crippen LogP contribution in [0.25, 0.3) is 5.69 Å². The van der Waals surface area contributed by atoms with Crippen molar-refractivity contribution in [1.82, 2.24) is 15.1 Å². The van der Waals surface area contributed by atoms with Gasteiger partial charge in [-0.25, -0.2) is 4.68 Å². The van der Waals surface area contributed by atoms with E-state index in [1.54, 1.807) is 29.2 Å². The number of amides is 2. The second kappa shape index (κ2) is 10.4. The number of carbonyl (C=O) groups excluding carboxylic acids is 2. The summed E-state index contributed by atoms with van der Waals surface area (Å²) in [5, 5.41) is 10.4. The van der Waals surface area contributed by atoms with Gasteiger partial charge in [0.2, 0.25) is 5.91 Å². The Bertz CT molecular complexity index is 1150. The van der Waals surface area contributed by atoms with Crippen LogP contribution in [0.1, 0.15) is 35.2 Å². The molecule has 8 heteroatoms. The molecule has 0 unspecified atom stereocenters. The van der Waals surface area contributed by atoms with Gasteiger partial charge in [0.1, 0.15) is 0 Å². The molecule has 1 atom stereocenters. The number of hydrogen-bond donors (Lipinski definition) is 2. The fraction of sp³-hybridized carbons (Fsp3) is 0.370. The van der Waals surface area contributed by atoms with E-state index >= 15 is 0 Å². The van der Waals surface area contributed by atoms with Crippen molar-refractivity contribution < 1.29 is 19.1 Å². The average Bonchev–Trinajstić information content (AvgIpc) is 3.61. The zero-order chi connectivity index (χ0) is 24.1. The quantitative estimate of drug-likeness (QED) is 0.548. The molecule has 0 saturated carbocycles. The van der Waals surface area contributed by atoms with E-state index < -0.39 is 0 Å². The zero-order valence-electron chi connectivity index (χ0n) is 19.6. The van der Waals surface area contributed by atoms with Crippen LogP contribution in [0.2, 0.25) is 0 Å². The molecule has 2 aromatic carbocycles. The van der Waals surface area contributed by atoms with Crippen LogP contribution in [0.4, 0.5) is 5.69 Å². The Morgan fingerprint density at radius 2 is 1.77 bits per heavy atom. The van der Waals surface area contributed by atoms with Crippen molar-refractivity contribution in [3.8, 4) is 5.69 Å². The van der Waals surface area contributed by atoms with Crippen LogP contribution < -0.4 is 10.6 Å². The second-order valence-corrected chi connectivity index (χ2v) is 9.21. The molecule has 3 heterocycles. The lowest BCUT2D eigenvalue weighted by Gasteiger charge is -2.38. The molecule has 2 amide bonds. The lowest BCUT2D eigenvalue weighted by atomic mass is 9.74. The van der Waals surface area contributed by atoms with Gasteiger partial charge in [-0.2, -0.15) is 5.10 Å². The molecule has 2 aliphatic heterocycles. The van der Waals surface area contributed by atoms with E-state index in [2.05, 4.69) is 27.9 Å². The van der Waals surface area contributed by atoms with Crippen molar-refractivity contribution in [1.29, 1.82) is 0 Å². The van der Waals surface area contributed by atoms with E-state index in [9.17, 15) is 9.59 Å². The number of anilines is 1. The monoisotopic (exact) mass is 474 g/mol. The van der Waals surface area contributed by atoms with Gasteiger partial charge < -0.3 is 20.1 Å². The summed E-state index contributed by atoms with van der Waals surface area (Å²) in [7, 11) is 0. The highest BCUT2D eigenvalue weighted by Gasteiger charge is 2.34. The summed E-state index contributed by atoms with van der Waals surface area (Å²) < 4.78 is 12.5. The molecular formula is C27H30N4O4. The topological polar surface area (TPSA) is 94.5 Å². The summed E-state index contributed by atoms with van der Waals surface area (Å²) in [5.74, 6) is -0.268. The Morgan fingerprint density at radius 1 is 1.00 bits per heavy atom. The first-order chi connectivity index (χ1) is 17.1. The van der Waals surface area contributed by atoms with E-state index in [0.717, 1.165) is 24.9 Å². The van der Waals surface area contributed by atoms with Crippen molar-refractivity contribution in [2.24, 2.45) is 5.92 Å². The Labute approximate surface area is 204 Å². The minimum Gasteiger partial charge on any atom is -0.381 e. The van der Waals surface area contributed by atoms with Crippen LogP contribution in [0.15, 0.2) is 67.0 Å². The third-order valence-corrected chi connectivity index (χ3v) is 6.97. The lowest BCUT2D eigenvalue weighted by Crippen LogP contribution is -2.44. The Morgan fingerprint density at radius 3 is 2.49 bits per heavy atom. The molecule has 0 spiro atoms. The molecule has 0 aliphatic carbocycles. The summed E-state index contributed by atoms with van der Waals surface area (Å²) in [6.07, 6.45) is 5.87. The molecule has 0 radical (unpaired) electrons. The van der Waals surface area contributed by atoms with Crippen LogP contribution in [-0.2, 0) is 19.7 Å². The van der Waals surface area contributed by atoms with Gasteiger partial charge in [-0.15, -0.1) is 0 Å². The number of aromatic nitrogens is 2. The maximum absolute atomic E-state index is 12.9. The number of ether oxygens (including phenoxy) is 2. The Kier molecular flexibility index (Phi) is 6.92. The zero-order valence-corrected chi connectivity index (χ0v) is 19.6. The molecule has 1 aromatic heterocycles. The Balaban J connectivity index is 1.21. The highest BCUT2D eigenvalue weighted by atomic mass is 16.5. The summed E-state index contributed by atoms with van der Waals surface area (Å²) in [6.45, 7) is 3.04. The number of nitrogens with one attached hydrogen (secondary N) is 2. The molecule has 2 aliphatic rings. The summed E-state index contributed by atoms with van der Waals surface area (Å²) in [6, 6.07) is 17.6. The van der Waals surface area contributed by atoms with Crippen LogP contribution in [0.3, 0.4) is 0 Å². The van der Waals surface area contributed by atoms with Gasteiger partial charge in [0.15, 0.2) is 0 Å². The van der Waals surface area contributed by atoms with Crippen molar-refractivity contribution >= 4 is 17.5 Å². The van der Waals surface area contributed by atoms with Gasteiger partial charge in [-0.3, -0.25) is 9.59 Å². The van der Waals surface area contributed by atoms with E-state index in [1.165, 1.54) is 5.56 Å². The highest BCUT2D eigenvalue weighted by Crippen LogP contribution is 2.34. The van der Waals surface area contributed by atoms with Crippen molar-refractivity contribution in [3.63, 3.8) is 0 Å². The normalized spacial score (nSPS) is 19.3. The van der Waals surface area contributed by atoms with Gasteiger partial charge in [0.25, 0.3) is 5.91 Å². The van der Waals surface area contributed by atoms with E-state index in [0.29, 0.717) is 44.2 Å². The van der Waals surface area contributed by atoms with Gasteiger partial charge in [0, 0.05) is 37.3 Å².